The van der Waals surface area contributed by atoms with E-state index in [1.165, 1.54) is 26.5 Å². The first-order chi connectivity index (χ1) is 20.5. The van der Waals surface area contributed by atoms with Crippen LogP contribution in [0, 0.1) is 0 Å². The number of halogens is 3. The van der Waals surface area contributed by atoms with Crippen LogP contribution in [0.1, 0.15) is 42.0 Å². The Hall–Kier alpha value is -4.33. The Morgan fingerprint density at radius 1 is 1.00 bits per heavy atom. The fourth-order valence-electron chi connectivity index (χ4n) is 5.29. The summed E-state index contributed by atoms with van der Waals surface area (Å²) in [6.07, 6.45) is 0.780. The second kappa shape index (κ2) is 12.1. The van der Waals surface area contributed by atoms with Crippen molar-refractivity contribution in [1.29, 1.82) is 0 Å². The summed E-state index contributed by atoms with van der Waals surface area (Å²) in [5.41, 5.74) is 0.113. The Bertz CT molecular complexity index is 1680. The number of hydrogen-bond donors (Lipinski definition) is 0. The molecule has 1 saturated carbocycles. The van der Waals surface area contributed by atoms with E-state index in [1.54, 1.807) is 36.1 Å². The van der Waals surface area contributed by atoms with Crippen LogP contribution >= 0.6 is 0 Å². The molecule has 2 atom stereocenters. The predicted octanol–water partition coefficient (Wildman–Crippen LogP) is 5.36. The minimum atomic E-state index is -4.89. The number of ether oxygens (including phenoxy) is 3. The van der Waals surface area contributed by atoms with E-state index in [9.17, 15) is 21.6 Å². The molecule has 5 rings (SSSR count). The van der Waals surface area contributed by atoms with E-state index in [2.05, 4.69) is 15.1 Å². The van der Waals surface area contributed by atoms with Crippen LogP contribution in [0.2, 0.25) is 0 Å². The summed E-state index contributed by atoms with van der Waals surface area (Å²) in [5, 5.41) is 4.18. The lowest BCUT2D eigenvalue weighted by molar-refractivity contribution is -0.139. The average Bonchev–Trinajstić information content (AvgIpc) is 3.63. The molecule has 0 amide bonds. The van der Waals surface area contributed by atoms with Gasteiger partial charge < -0.3 is 14.2 Å². The van der Waals surface area contributed by atoms with Gasteiger partial charge in [-0.05, 0) is 55.7 Å². The topological polar surface area (TPSA) is 109 Å². The molecule has 10 nitrogen and oxygen atoms in total. The highest BCUT2D eigenvalue weighted by Gasteiger charge is 2.39. The zero-order chi connectivity index (χ0) is 30.8. The summed E-state index contributed by atoms with van der Waals surface area (Å²) >= 11 is 0. The van der Waals surface area contributed by atoms with Crippen LogP contribution in [0.4, 0.5) is 19.0 Å². The molecule has 2 heterocycles. The number of methoxy groups -OCH3 is 2. The van der Waals surface area contributed by atoms with E-state index in [0.717, 1.165) is 41.3 Å². The molecule has 43 heavy (non-hydrogen) atoms. The third-order valence-electron chi connectivity index (χ3n) is 7.44. The van der Waals surface area contributed by atoms with Crippen LogP contribution in [0.25, 0.3) is 0 Å². The van der Waals surface area contributed by atoms with Crippen LogP contribution < -0.4 is 18.5 Å². The van der Waals surface area contributed by atoms with Crippen LogP contribution in [0.3, 0.4) is 0 Å². The number of aryl methyl sites for hydroxylation is 1. The van der Waals surface area contributed by atoms with Gasteiger partial charge in [0.05, 0.1) is 31.2 Å². The highest BCUT2D eigenvalue weighted by atomic mass is 32.2. The van der Waals surface area contributed by atoms with Crippen molar-refractivity contribution in [2.75, 3.05) is 18.5 Å². The van der Waals surface area contributed by atoms with Gasteiger partial charge in [0.1, 0.15) is 35.5 Å². The molecule has 1 fully saturated rings. The van der Waals surface area contributed by atoms with Gasteiger partial charge in [-0.25, -0.2) is 22.7 Å². The predicted molar refractivity (Wildman–Crippen MR) is 151 cm³/mol. The lowest BCUT2D eigenvalue weighted by Gasteiger charge is -2.26. The van der Waals surface area contributed by atoms with Gasteiger partial charge in [-0.15, -0.1) is 0 Å². The number of anilines is 1. The molecule has 0 unspecified atom stereocenters. The van der Waals surface area contributed by atoms with E-state index in [1.807, 2.05) is 6.07 Å². The van der Waals surface area contributed by atoms with Crippen molar-refractivity contribution in [1.82, 2.24) is 19.7 Å². The normalized spacial score (nSPS) is 17.1. The molecule has 4 aromatic rings. The summed E-state index contributed by atoms with van der Waals surface area (Å²) in [6.45, 7) is -0.291. The standard InChI is InChI=1S/C29H30F3N5O5S/c1-36-24(11-14-35-36)22-5-4-6-25(22)42-26-10-9-21(16-23(26)29(30,31)32)43(38,39)37(28-12-13-33-18-34-28)17-19-7-8-20(40-2)15-27(19)41-3/h7-16,18,22,25H,4-6,17H2,1-3H3/t22-,25+/m1/s1. The summed E-state index contributed by atoms with van der Waals surface area (Å²) < 4.78 is 90.5. The van der Waals surface area contributed by atoms with Crippen molar-refractivity contribution in [3.8, 4) is 17.2 Å². The molecular formula is C29H30F3N5O5S. The molecule has 0 N–H and O–H groups in total. The monoisotopic (exact) mass is 617 g/mol. The Morgan fingerprint density at radius 2 is 1.81 bits per heavy atom. The second-order valence-electron chi connectivity index (χ2n) is 9.99. The lowest BCUT2D eigenvalue weighted by Crippen LogP contribution is -2.32. The molecule has 2 aromatic heterocycles. The van der Waals surface area contributed by atoms with Crippen molar-refractivity contribution < 1.29 is 35.8 Å². The van der Waals surface area contributed by atoms with Gasteiger partial charge in [-0.3, -0.25) is 4.68 Å². The fourth-order valence-corrected chi connectivity index (χ4v) is 6.72. The number of sulfonamides is 1. The van der Waals surface area contributed by atoms with Crippen LogP contribution in [0.5, 0.6) is 17.2 Å². The zero-order valence-corrected chi connectivity index (χ0v) is 24.5. The number of benzene rings is 2. The van der Waals surface area contributed by atoms with Crippen molar-refractivity contribution in [3.63, 3.8) is 0 Å². The molecule has 0 spiro atoms. The van der Waals surface area contributed by atoms with Gasteiger partial charge in [-0.1, -0.05) is 0 Å². The number of alkyl halides is 3. The Kier molecular flexibility index (Phi) is 8.49. The average molecular weight is 618 g/mol. The SMILES string of the molecule is COc1ccc(CN(c2ccncn2)S(=O)(=O)c2ccc(O[C@H]3CCC[C@@H]3c3ccnn3C)c(C(F)(F)F)c2)c(OC)c1. The van der Waals surface area contributed by atoms with Crippen molar-refractivity contribution >= 4 is 15.8 Å². The van der Waals surface area contributed by atoms with Gasteiger partial charge in [0.15, 0.2) is 0 Å². The van der Waals surface area contributed by atoms with Crippen molar-refractivity contribution in [2.24, 2.45) is 7.05 Å². The first kappa shape index (κ1) is 30.1. The molecule has 14 heteroatoms. The van der Waals surface area contributed by atoms with Gasteiger partial charge >= 0.3 is 6.18 Å². The molecule has 0 aliphatic heterocycles. The zero-order valence-electron chi connectivity index (χ0n) is 23.7. The molecule has 0 radical (unpaired) electrons. The Labute approximate surface area is 247 Å². The number of rotatable bonds is 10. The Balaban J connectivity index is 1.53. The summed E-state index contributed by atoms with van der Waals surface area (Å²) in [4.78, 5) is 7.33. The molecule has 0 saturated heterocycles. The van der Waals surface area contributed by atoms with Gasteiger partial charge in [-0.2, -0.15) is 18.3 Å². The van der Waals surface area contributed by atoms with Crippen LogP contribution in [-0.2, 0) is 29.8 Å². The first-order valence-electron chi connectivity index (χ1n) is 13.4. The summed E-state index contributed by atoms with van der Waals surface area (Å²) in [5.74, 6) is 0.190. The molecule has 1 aliphatic carbocycles. The molecular weight excluding hydrogens is 587 g/mol. The van der Waals surface area contributed by atoms with E-state index in [4.69, 9.17) is 14.2 Å². The molecule has 2 aromatic carbocycles. The summed E-state index contributed by atoms with van der Waals surface area (Å²) in [7, 11) is 0.0834. The van der Waals surface area contributed by atoms with Gasteiger partial charge in [0.2, 0.25) is 0 Å². The quantitative estimate of drug-likeness (QED) is 0.234. The van der Waals surface area contributed by atoms with E-state index >= 15 is 0 Å². The van der Waals surface area contributed by atoms with Crippen LogP contribution in [0.15, 0.2) is 72.1 Å². The maximum absolute atomic E-state index is 14.4. The largest absolute Gasteiger partial charge is 0.497 e. The molecule has 1 aliphatic rings. The maximum atomic E-state index is 14.4. The minimum Gasteiger partial charge on any atom is -0.497 e. The van der Waals surface area contributed by atoms with Gasteiger partial charge in [0.25, 0.3) is 10.0 Å². The summed E-state index contributed by atoms with van der Waals surface area (Å²) in [6, 6.07) is 10.8. The second-order valence-corrected chi connectivity index (χ2v) is 11.8. The Morgan fingerprint density at radius 3 is 2.47 bits per heavy atom. The number of aromatic nitrogens is 4. The van der Waals surface area contributed by atoms with Gasteiger partial charge in [0, 0.05) is 48.7 Å². The third-order valence-corrected chi connectivity index (χ3v) is 9.19. The van der Waals surface area contributed by atoms with Crippen molar-refractivity contribution in [3.05, 3.63) is 84.1 Å². The van der Waals surface area contributed by atoms with E-state index in [0.29, 0.717) is 29.5 Å². The minimum absolute atomic E-state index is 0.0354. The number of nitrogens with zero attached hydrogens (tertiary/aromatic N) is 5. The fraction of sp³-hybridized carbons (Fsp3) is 0.345. The first-order valence-corrected chi connectivity index (χ1v) is 14.8. The number of hydrogen-bond acceptors (Lipinski definition) is 8. The maximum Gasteiger partial charge on any atom is 0.420 e. The molecule has 228 valence electrons. The third kappa shape index (κ3) is 6.24. The highest BCUT2D eigenvalue weighted by Crippen LogP contribution is 2.43. The molecule has 0 bridgehead atoms. The van der Waals surface area contributed by atoms with Crippen molar-refractivity contribution in [2.45, 2.75) is 48.9 Å². The highest BCUT2D eigenvalue weighted by molar-refractivity contribution is 7.92. The van der Waals surface area contributed by atoms with E-state index < -0.39 is 38.5 Å². The van der Waals surface area contributed by atoms with E-state index in [-0.39, 0.29) is 18.3 Å². The lowest BCUT2D eigenvalue weighted by atomic mass is 10.0. The van der Waals surface area contributed by atoms with Crippen LogP contribution in [-0.4, -0.2) is 48.5 Å². The smallest absolute Gasteiger partial charge is 0.420 e.